The summed E-state index contributed by atoms with van der Waals surface area (Å²) in [7, 11) is 0. The van der Waals surface area contributed by atoms with E-state index in [0.717, 1.165) is 5.56 Å². The Morgan fingerprint density at radius 1 is 0.906 bits per heavy atom. The SMILES string of the molecule is CC(C)C(NC(=O)C(Cc1ccccc1)NC(=O)C(N)C(C)O)C(=O)NC(CO)C(=O)O. The Hall–Kier alpha value is -3.02. The zero-order valence-corrected chi connectivity index (χ0v) is 18.3. The summed E-state index contributed by atoms with van der Waals surface area (Å²) in [5.41, 5.74) is 6.39. The van der Waals surface area contributed by atoms with E-state index in [2.05, 4.69) is 16.0 Å². The van der Waals surface area contributed by atoms with Crippen molar-refractivity contribution in [2.24, 2.45) is 11.7 Å². The summed E-state index contributed by atoms with van der Waals surface area (Å²) < 4.78 is 0. The van der Waals surface area contributed by atoms with E-state index in [1.165, 1.54) is 6.92 Å². The Bertz CT molecular complexity index is 786. The van der Waals surface area contributed by atoms with Gasteiger partial charge in [0.2, 0.25) is 17.7 Å². The van der Waals surface area contributed by atoms with Crippen molar-refractivity contribution in [3.05, 3.63) is 35.9 Å². The Morgan fingerprint density at radius 2 is 1.47 bits per heavy atom. The molecule has 32 heavy (non-hydrogen) atoms. The van der Waals surface area contributed by atoms with Gasteiger partial charge in [0, 0.05) is 6.42 Å². The van der Waals surface area contributed by atoms with E-state index in [9.17, 15) is 24.3 Å². The largest absolute Gasteiger partial charge is 0.480 e. The normalized spacial score (nSPS) is 15.7. The van der Waals surface area contributed by atoms with Gasteiger partial charge in [-0.15, -0.1) is 0 Å². The number of hydrogen-bond donors (Lipinski definition) is 7. The van der Waals surface area contributed by atoms with Crippen molar-refractivity contribution < 1.29 is 34.5 Å². The maximum atomic E-state index is 13.0. The van der Waals surface area contributed by atoms with Gasteiger partial charge in [0.15, 0.2) is 0 Å². The van der Waals surface area contributed by atoms with Gasteiger partial charge in [0.05, 0.1) is 12.7 Å². The van der Waals surface area contributed by atoms with Crippen LogP contribution in [0.25, 0.3) is 0 Å². The average molecular weight is 453 g/mol. The van der Waals surface area contributed by atoms with Crippen molar-refractivity contribution in [3.8, 4) is 0 Å². The van der Waals surface area contributed by atoms with E-state index in [-0.39, 0.29) is 6.42 Å². The van der Waals surface area contributed by atoms with Crippen LogP contribution in [0.5, 0.6) is 0 Å². The highest BCUT2D eigenvalue weighted by atomic mass is 16.4. The lowest BCUT2D eigenvalue weighted by Gasteiger charge is -2.27. The van der Waals surface area contributed by atoms with Crippen LogP contribution in [0.1, 0.15) is 26.3 Å². The lowest BCUT2D eigenvalue weighted by atomic mass is 10.00. The maximum absolute atomic E-state index is 13.0. The molecule has 11 heteroatoms. The topological polar surface area (TPSA) is 191 Å². The van der Waals surface area contributed by atoms with Crippen LogP contribution in [0.4, 0.5) is 0 Å². The molecule has 5 atom stereocenters. The first-order valence-corrected chi connectivity index (χ1v) is 10.2. The van der Waals surface area contributed by atoms with Crippen LogP contribution in [0, 0.1) is 5.92 Å². The van der Waals surface area contributed by atoms with Crippen LogP contribution >= 0.6 is 0 Å². The highest BCUT2D eigenvalue weighted by Crippen LogP contribution is 2.08. The van der Waals surface area contributed by atoms with Gasteiger partial charge in [0.1, 0.15) is 24.2 Å². The summed E-state index contributed by atoms with van der Waals surface area (Å²) >= 11 is 0. The van der Waals surface area contributed by atoms with Crippen molar-refractivity contribution in [1.82, 2.24) is 16.0 Å². The third-order valence-corrected chi connectivity index (χ3v) is 4.78. The molecule has 0 aliphatic heterocycles. The second-order valence-corrected chi connectivity index (χ2v) is 7.83. The smallest absolute Gasteiger partial charge is 0.328 e. The van der Waals surface area contributed by atoms with Crippen LogP contribution < -0.4 is 21.7 Å². The second-order valence-electron chi connectivity index (χ2n) is 7.83. The monoisotopic (exact) mass is 452 g/mol. The van der Waals surface area contributed by atoms with Crippen LogP contribution in [-0.4, -0.2) is 75.9 Å². The van der Waals surface area contributed by atoms with Crippen LogP contribution in [0.3, 0.4) is 0 Å². The van der Waals surface area contributed by atoms with Gasteiger partial charge in [-0.05, 0) is 18.4 Å². The van der Waals surface area contributed by atoms with E-state index in [0.29, 0.717) is 0 Å². The number of aliphatic hydroxyl groups is 2. The van der Waals surface area contributed by atoms with E-state index in [1.807, 2.05) is 0 Å². The Balaban J connectivity index is 3.05. The number of hydrogen-bond acceptors (Lipinski definition) is 7. The summed E-state index contributed by atoms with van der Waals surface area (Å²) in [6, 6.07) is 3.81. The van der Waals surface area contributed by atoms with Crippen LogP contribution in [-0.2, 0) is 25.6 Å². The zero-order chi connectivity index (χ0) is 24.4. The van der Waals surface area contributed by atoms with Gasteiger partial charge in [-0.1, -0.05) is 44.2 Å². The Morgan fingerprint density at radius 3 is 1.94 bits per heavy atom. The number of aliphatic carboxylic acids is 1. The fourth-order valence-corrected chi connectivity index (χ4v) is 2.78. The third kappa shape index (κ3) is 8.25. The number of benzene rings is 1. The van der Waals surface area contributed by atoms with E-state index >= 15 is 0 Å². The summed E-state index contributed by atoms with van der Waals surface area (Å²) in [4.78, 5) is 49.0. The average Bonchev–Trinajstić information content (AvgIpc) is 2.74. The predicted octanol–water partition coefficient (Wildman–Crippen LogP) is -1.88. The molecule has 0 saturated heterocycles. The maximum Gasteiger partial charge on any atom is 0.328 e. The molecule has 1 rings (SSSR count). The Kier molecular flexibility index (Phi) is 10.8. The summed E-state index contributed by atoms with van der Waals surface area (Å²) in [5.74, 6) is -4.08. The van der Waals surface area contributed by atoms with Crippen molar-refractivity contribution >= 4 is 23.7 Å². The molecule has 0 saturated carbocycles. The highest BCUT2D eigenvalue weighted by Gasteiger charge is 2.32. The molecular formula is C21H32N4O7. The number of amides is 3. The van der Waals surface area contributed by atoms with Crippen molar-refractivity contribution in [2.75, 3.05) is 6.61 Å². The summed E-state index contributed by atoms with van der Waals surface area (Å²) in [6.07, 6.45) is -1.05. The van der Waals surface area contributed by atoms with E-state index in [1.54, 1.807) is 44.2 Å². The molecule has 1 aromatic rings. The molecule has 0 radical (unpaired) electrons. The molecule has 8 N–H and O–H groups in total. The lowest BCUT2D eigenvalue weighted by molar-refractivity contribution is -0.143. The van der Waals surface area contributed by atoms with E-state index in [4.69, 9.17) is 15.9 Å². The number of carboxylic acid groups (broad SMARTS) is 1. The van der Waals surface area contributed by atoms with Crippen LogP contribution in [0.2, 0.25) is 0 Å². The number of carbonyl (C=O) groups is 4. The predicted molar refractivity (Wildman–Crippen MR) is 115 cm³/mol. The second kappa shape index (κ2) is 12.7. The first-order chi connectivity index (χ1) is 15.0. The van der Waals surface area contributed by atoms with Gasteiger partial charge in [-0.3, -0.25) is 14.4 Å². The minimum atomic E-state index is -1.52. The Labute approximate surface area is 186 Å². The molecule has 0 bridgehead atoms. The molecule has 0 heterocycles. The van der Waals surface area contributed by atoms with Crippen molar-refractivity contribution in [3.63, 3.8) is 0 Å². The number of nitrogens with two attached hydrogens (primary N) is 1. The first kappa shape index (κ1) is 27.0. The molecule has 11 nitrogen and oxygen atoms in total. The minimum Gasteiger partial charge on any atom is -0.480 e. The molecule has 3 amide bonds. The highest BCUT2D eigenvalue weighted by molar-refractivity contribution is 5.94. The quantitative estimate of drug-likeness (QED) is 0.192. The standard InChI is InChI=1S/C21H32N4O7/c1-11(2)17(20(30)24-15(10-26)21(31)32)25-18(28)14(9-13-7-5-4-6-8-13)23-19(29)16(22)12(3)27/h4-8,11-12,14-17,26-27H,9-10,22H2,1-3H3,(H,23,29)(H,24,30)(H,25,28)(H,31,32). The van der Waals surface area contributed by atoms with Crippen molar-refractivity contribution in [2.45, 2.75) is 57.5 Å². The van der Waals surface area contributed by atoms with Crippen LogP contribution in [0.15, 0.2) is 30.3 Å². The molecule has 1 aromatic carbocycles. The molecule has 0 aromatic heterocycles. The van der Waals surface area contributed by atoms with Gasteiger partial charge in [0.25, 0.3) is 0 Å². The summed E-state index contributed by atoms with van der Waals surface area (Å²) in [6.45, 7) is 3.82. The molecule has 5 unspecified atom stereocenters. The molecule has 178 valence electrons. The summed E-state index contributed by atoms with van der Waals surface area (Å²) in [5, 5.41) is 34.9. The molecule has 0 aliphatic rings. The van der Waals surface area contributed by atoms with Gasteiger partial charge < -0.3 is 37.0 Å². The molecular weight excluding hydrogens is 420 g/mol. The fourth-order valence-electron chi connectivity index (χ4n) is 2.78. The number of nitrogens with one attached hydrogen (secondary N) is 3. The molecule has 0 spiro atoms. The number of aliphatic hydroxyl groups excluding tert-OH is 2. The number of carboxylic acids is 1. The first-order valence-electron chi connectivity index (χ1n) is 10.2. The van der Waals surface area contributed by atoms with Gasteiger partial charge >= 0.3 is 5.97 Å². The fraction of sp³-hybridized carbons (Fsp3) is 0.524. The minimum absolute atomic E-state index is 0.0891. The molecule has 0 aliphatic carbocycles. The zero-order valence-electron chi connectivity index (χ0n) is 18.3. The van der Waals surface area contributed by atoms with Gasteiger partial charge in [-0.2, -0.15) is 0 Å². The number of rotatable bonds is 12. The third-order valence-electron chi connectivity index (χ3n) is 4.78. The van der Waals surface area contributed by atoms with Gasteiger partial charge in [-0.25, -0.2) is 4.79 Å². The lowest BCUT2D eigenvalue weighted by Crippen LogP contribution is -2.59. The van der Waals surface area contributed by atoms with Crippen molar-refractivity contribution in [1.29, 1.82) is 0 Å². The number of carbonyl (C=O) groups excluding carboxylic acids is 3. The molecule has 0 fully saturated rings. The van der Waals surface area contributed by atoms with E-state index < -0.39 is 66.5 Å².